The van der Waals surface area contributed by atoms with Crippen LogP contribution in [0.5, 0.6) is 0 Å². The van der Waals surface area contributed by atoms with Crippen molar-refractivity contribution in [1.82, 2.24) is 5.32 Å². The Balaban J connectivity index is 1.89. The third kappa shape index (κ3) is 3.01. The van der Waals surface area contributed by atoms with Crippen LogP contribution in [0.4, 0.5) is 5.69 Å². The maximum Gasteiger partial charge on any atom is 0.255 e. The van der Waals surface area contributed by atoms with Gasteiger partial charge in [-0.3, -0.25) is 4.79 Å². The van der Waals surface area contributed by atoms with Crippen LogP contribution in [-0.4, -0.2) is 12.5 Å². The molecule has 1 heterocycles. The molecule has 1 aliphatic rings. The van der Waals surface area contributed by atoms with E-state index in [2.05, 4.69) is 32.6 Å². The van der Waals surface area contributed by atoms with Crippen molar-refractivity contribution in [2.75, 3.05) is 11.9 Å². The van der Waals surface area contributed by atoms with Crippen LogP contribution in [0.15, 0.2) is 40.9 Å². The zero-order valence-electron chi connectivity index (χ0n) is 11.9. The molecule has 0 radical (unpaired) electrons. The smallest absolute Gasteiger partial charge is 0.255 e. The highest BCUT2D eigenvalue weighted by molar-refractivity contribution is 9.10. The number of nitrogens with one attached hydrogen (secondary N) is 2. The third-order valence-corrected chi connectivity index (χ3v) is 4.41. The maximum atomic E-state index is 12.6. The van der Waals surface area contributed by atoms with Crippen LogP contribution in [0.25, 0.3) is 0 Å². The molecule has 0 spiro atoms. The molecule has 0 aromatic heterocycles. The highest BCUT2D eigenvalue weighted by Gasteiger charge is 2.17. The number of carbonyl (C=O) groups is 1. The van der Waals surface area contributed by atoms with Gasteiger partial charge < -0.3 is 10.6 Å². The van der Waals surface area contributed by atoms with Crippen molar-refractivity contribution >= 4 is 27.5 Å². The van der Waals surface area contributed by atoms with Crippen molar-refractivity contribution in [3.8, 4) is 0 Å². The van der Waals surface area contributed by atoms with E-state index in [0.717, 1.165) is 46.4 Å². The zero-order chi connectivity index (χ0) is 14.8. The molecule has 3 rings (SSSR count). The fourth-order valence-electron chi connectivity index (χ4n) is 2.66. The molecule has 2 aromatic rings. The fourth-order valence-corrected chi connectivity index (χ4v) is 3.25. The summed E-state index contributed by atoms with van der Waals surface area (Å²) in [5.41, 5.74) is 5.12. The number of fused-ring (bicyclic) bond motifs is 1. The van der Waals surface area contributed by atoms with Crippen molar-refractivity contribution in [1.29, 1.82) is 0 Å². The Morgan fingerprint density at radius 3 is 2.95 bits per heavy atom. The number of anilines is 1. The summed E-state index contributed by atoms with van der Waals surface area (Å²) in [5, 5.41) is 6.33. The average molecular weight is 345 g/mol. The minimum atomic E-state index is -0.0432. The number of rotatable bonds is 2. The Kier molecular flexibility index (Phi) is 4.08. The first-order valence-electron chi connectivity index (χ1n) is 7.04. The standard InChI is InChI=1S/C17H17BrN2O/c1-11-5-6-16(15(18)9-11)20-17(21)14-4-2-3-12-10-19-8-7-13(12)14/h2-6,9,19H,7-8,10H2,1H3,(H,20,21). The number of halogens is 1. The molecule has 0 saturated heterocycles. The average Bonchev–Trinajstić information content (AvgIpc) is 2.49. The molecule has 21 heavy (non-hydrogen) atoms. The Morgan fingerprint density at radius 1 is 1.29 bits per heavy atom. The predicted molar refractivity (Wildman–Crippen MR) is 88.7 cm³/mol. The van der Waals surface area contributed by atoms with Crippen LogP contribution in [0.2, 0.25) is 0 Å². The lowest BCUT2D eigenvalue weighted by Gasteiger charge is -2.20. The summed E-state index contributed by atoms with van der Waals surface area (Å²) in [7, 11) is 0. The van der Waals surface area contributed by atoms with Crippen LogP contribution in [-0.2, 0) is 13.0 Å². The second-order valence-electron chi connectivity index (χ2n) is 5.31. The highest BCUT2D eigenvalue weighted by Crippen LogP contribution is 2.25. The SMILES string of the molecule is Cc1ccc(NC(=O)c2cccc3c2CCNC3)c(Br)c1. The molecular weight excluding hydrogens is 328 g/mol. The molecule has 0 aliphatic carbocycles. The lowest BCUT2D eigenvalue weighted by Crippen LogP contribution is -2.26. The Bertz CT molecular complexity index is 697. The number of hydrogen-bond acceptors (Lipinski definition) is 2. The second kappa shape index (κ2) is 6.00. The van der Waals surface area contributed by atoms with Crippen LogP contribution in [0.3, 0.4) is 0 Å². The van der Waals surface area contributed by atoms with Crippen LogP contribution in [0, 0.1) is 6.92 Å². The van der Waals surface area contributed by atoms with Gasteiger partial charge in [0.15, 0.2) is 0 Å². The predicted octanol–water partition coefficient (Wildman–Crippen LogP) is 3.66. The summed E-state index contributed by atoms with van der Waals surface area (Å²) in [4.78, 5) is 12.6. The van der Waals surface area contributed by atoms with Gasteiger partial charge >= 0.3 is 0 Å². The van der Waals surface area contributed by atoms with E-state index in [-0.39, 0.29) is 5.91 Å². The van der Waals surface area contributed by atoms with E-state index in [1.807, 2.05) is 37.3 Å². The quantitative estimate of drug-likeness (QED) is 0.872. The van der Waals surface area contributed by atoms with Crippen molar-refractivity contribution in [2.45, 2.75) is 19.9 Å². The van der Waals surface area contributed by atoms with E-state index in [9.17, 15) is 4.79 Å². The van der Waals surface area contributed by atoms with E-state index in [1.165, 1.54) is 5.56 Å². The van der Waals surface area contributed by atoms with Crippen LogP contribution in [0.1, 0.15) is 27.0 Å². The third-order valence-electron chi connectivity index (χ3n) is 3.76. The minimum Gasteiger partial charge on any atom is -0.321 e. The van der Waals surface area contributed by atoms with E-state index in [1.54, 1.807) is 0 Å². The zero-order valence-corrected chi connectivity index (χ0v) is 13.5. The summed E-state index contributed by atoms with van der Waals surface area (Å²) in [5.74, 6) is -0.0432. The topological polar surface area (TPSA) is 41.1 Å². The number of benzene rings is 2. The molecule has 0 unspecified atom stereocenters. The Hall–Kier alpha value is -1.65. The Labute approximate surface area is 132 Å². The van der Waals surface area contributed by atoms with Gasteiger partial charge in [0.2, 0.25) is 0 Å². The molecule has 2 N–H and O–H groups in total. The second-order valence-corrected chi connectivity index (χ2v) is 6.16. The molecule has 0 atom stereocenters. The van der Waals surface area contributed by atoms with Gasteiger partial charge in [0, 0.05) is 16.6 Å². The van der Waals surface area contributed by atoms with Crippen LogP contribution >= 0.6 is 15.9 Å². The molecule has 3 nitrogen and oxygen atoms in total. The minimum absolute atomic E-state index is 0.0432. The van der Waals surface area contributed by atoms with E-state index >= 15 is 0 Å². The summed E-state index contributed by atoms with van der Waals surface area (Å²) in [6.07, 6.45) is 0.897. The summed E-state index contributed by atoms with van der Waals surface area (Å²) in [6.45, 7) is 3.78. The fraction of sp³-hybridized carbons (Fsp3) is 0.235. The van der Waals surface area contributed by atoms with Gasteiger partial charge in [-0.1, -0.05) is 18.2 Å². The molecule has 0 fully saturated rings. The Morgan fingerprint density at radius 2 is 2.14 bits per heavy atom. The maximum absolute atomic E-state index is 12.6. The van der Waals surface area contributed by atoms with Crippen molar-refractivity contribution < 1.29 is 4.79 Å². The van der Waals surface area contributed by atoms with Crippen molar-refractivity contribution in [3.05, 3.63) is 63.1 Å². The largest absolute Gasteiger partial charge is 0.321 e. The number of hydrogen-bond donors (Lipinski definition) is 2. The van der Waals surface area contributed by atoms with Gasteiger partial charge in [0.05, 0.1) is 5.69 Å². The molecule has 108 valence electrons. The highest BCUT2D eigenvalue weighted by atomic mass is 79.9. The first-order chi connectivity index (χ1) is 10.1. The van der Waals surface area contributed by atoms with Gasteiger partial charge in [-0.15, -0.1) is 0 Å². The van der Waals surface area contributed by atoms with Gasteiger partial charge in [0.1, 0.15) is 0 Å². The molecule has 1 amide bonds. The molecule has 2 aromatic carbocycles. The van der Waals surface area contributed by atoms with E-state index in [0.29, 0.717) is 0 Å². The first kappa shape index (κ1) is 14.3. The lowest BCUT2D eigenvalue weighted by atomic mass is 9.95. The van der Waals surface area contributed by atoms with Gasteiger partial charge in [-0.2, -0.15) is 0 Å². The number of aryl methyl sites for hydroxylation is 1. The number of amides is 1. The molecular formula is C17H17BrN2O. The normalized spacial score (nSPS) is 13.6. The molecule has 1 aliphatic heterocycles. The lowest BCUT2D eigenvalue weighted by molar-refractivity contribution is 0.102. The molecule has 0 bridgehead atoms. The van der Waals surface area contributed by atoms with Crippen molar-refractivity contribution in [3.63, 3.8) is 0 Å². The van der Waals surface area contributed by atoms with E-state index in [4.69, 9.17) is 0 Å². The van der Waals surface area contributed by atoms with Crippen LogP contribution < -0.4 is 10.6 Å². The van der Waals surface area contributed by atoms with Crippen molar-refractivity contribution in [2.24, 2.45) is 0 Å². The summed E-state index contributed by atoms with van der Waals surface area (Å²) < 4.78 is 0.905. The van der Waals surface area contributed by atoms with Gasteiger partial charge in [-0.25, -0.2) is 0 Å². The van der Waals surface area contributed by atoms with Gasteiger partial charge in [0.25, 0.3) is 5.91 Å². The number of carbonyl (C=O) groups excluding carboxylic acids is 1. The first-order valence-corrected chi connectivity index (χ1v) is 7.83. The molecule has 4 heteroatoms. The summed E-state index contributed by atoms with van der Waals surface area (Å²) >= 11 is 3.50. The van der Waals surface area contributed by atoms with Gasteiger partial charge in [-0.05, 0) is 70.7 Å². The van der Waals surface area contributed by atoms with E-state index < -0.39 is 0 Å². The molecule has 0 saturated carbocycles. The monoisotopic (exact) mass is 344 g/mol. The summed E-state index contributed by atoms with van der Waals surface area (Å²) in [6, 6.07) is 11.9.